The molecule has 1 aromatic carbocycles. The summed E-state index contributed by atoms with van der Waals surface area (Å²) in [5.41, 5.74) is 2.59. The fourth-order valence-electron chi connectivity index (χ4n) is 1.58. The van der Waals surface area contributed by atoms with Crippen molar-refractivity contribution in [3.63, 3.8) is 0 Å². The molecule has 0 saturated heterocycles. The number of pyridine rings is 1. The topological polar surface area (TPSA) is 53.0 Å². The Labute approximate surface area is 90.4 Å². The number of nitrogens with zero attached hydrogens (tertiary/aromatic N) is 1. The van der Waals surface area contributed by atoms with Gasteiger partial charge in [-0.1, -0.05) is 29.3 Å². The summed E-state index contributed by atoms with van der Waals surface area (Å²) in [6.45, 7) is 1.96. The Morgan fingerprint density at radius 3 is 3.00 bits per heavy atom. The number of aromatic nitrogens is 1. The van der Waals surface area contributed by atoms with Crippen LogP contribution in [0, 0.1) is 6.92 Å². The predicted molar refractivity (Wildman–Crippen MR) is 59.1 cm³/mol. The Morgan fingerprint density at radius 1 is 1.47 bits per heavy atom. The van der Waals surface area contributed by atoms with Gasteiger partial charge in [0.05, 0.1) is 5.52 Å². The van der Waals surface area contributed by atoms with Crippen LogP contribution in [-0.4, -0.2) is 13.7 Å². The average molecular weight is 220 g/mol. The lowest BCUT2D eigenvalue weighted by atomic mass is 10.1. The zero-order chi connectivity index (χ0) is 10.8. The monoisotopic (exact) mass is 220 g/mol. The first-order valence-corrected chi connectivity index (χ1v) is 5.81. The molecule has 0 fully saturated rings. The normalized spacial score (nSPS) is 12.9. The molecular formula is C11H10NO2S-. The molecule has 1 unspecified atom stereocenters. The maximum Gasteiger partial charge on any atom is 0.0743 e. The Hall–Kier alpha value is -1.26. The van der Waals surface area contributed by atoms with E-state index in [9.17, 15) is 8.76 Å². The van der Waals surface area contributed by atoms with Gasteiger partial charge in [-0.2, -0.15) is 0 Å². The lowest BCUT2D eigenvalue weighted by Crippen LogP contribution is -1.95. The second-order valence-corrected chi connectivity index (χ2v) is 4.35. The van der Waals surface area contributed by atoms with Crippen LogP contribution in [0.15, 0.2) is 30.5 Å². The molecule has 0 spiro atoms. The van der Waals surface area contributed by atoms with E-state index < -0.39 is 11.1 Å². The maximum absolute atomic E-state index is 10.7. The van der Waals surface area contributed by atoms with Crippen LogP contribution < -0.4 is 0 Å². The van der Waals surface area contributed by atoms with Crippen LogP contribution in [-0.2, 0) is 16.8 Å². The molecule has 2 rings (SSSR count). The van der Waals surface area contributed by atoms with Crippen LogP contribution in [0.3, 0.4) is 0 Å². The van der Waals surface area contributed by atoms with Crippen LogP contribution in [0.1, 0.15) is 11.1 Å². The minimum atomic E-state index is -2.07. The summed E-state index contributed by atoms with van der Waals surface area (Å²) in [5, 5.41) is 0.984. The Balaban J connectivity index is 2.60. The van der Waals surface area contributed by atoms with Gasteiger partial charge in [-0.25, -0.2) is 0 Å². The highest BCUT2D eigenvalue weighted by Gasteiger charge is 2.02. The van der Waals surface area contributed by atoms with Crippen molar-refractivity contribution in [1.29, 1.82) is 0 Å². The van der Waals surface area contributed by atoms with Gasteiger partial charge < -0.3 is 4.55 Å². The summed E-state index contributed by atoms with van der Waals surface area (Å²) in [6.07, 6.45) is 1.75. The van der Waals surface area contributed by atoms with E-state index in [1.54, 1.807) is 12.3 Å². The van der Waals surface area contributed by atoms with E-state index in [0.717, 1.165) is 22.0 Å². The van der Waals surface area contributed by atoms with Crippen molar-refractivity contribution in [1.82, 2.24) is 4.98 Å². The third-order valence-corrected chi connectivity index (χ3v) is 2.75. The van der Waals surface area contributed by atoms with Crippen LogP contribution >= 0.6 is 0 Å². The summed E-state index contributed by atoms with van der Waals surface area (Å²) in [6, 6.07) is 7.58. The van der Waals surface area contributed by atoms with Crippen molar-refractivity contribution < 1.29 is 8.76 Å². The molecule has 0 aliphatic heterocycles. The van der Waals surface area contributed by atoms with Gasteiger partial charge in [-0.3, -0.25) is 9.19 Å². The van der Waals surface area contributed by atoms with Crippen molar-refractivity contribution in [2.24, 2.45) is 0 Å². The second-order valence-electron chi connectivity index (χ2n) is 3.45. The predicted octanol–water partition coefficient (Wildman–Crippen LogP) is 1.92. The van der Waals surface area contributed by atoms with Crippen LogP contribution in [0.25, 0.3) is 10.9 Å². The molecule has 0 amide bonds. The summed E-state index contributed by atoms with van der Waals surface area (Å²) in [4.78, 5) is 4.26. The summed E-state index contributed by atoms with van der Waals surface area (Å²) < 4.78 is 21.3. The Morgan fingerprint density at radius 2 is 2.27 bits per heavy atom. The summed E-state index contributed by atoms with van der Waals surface area (Å²) in [7, 11) is 0. The lowest BCUT2D eigenvalue weighted by molar-refractivity contribution is 0.536. The van der Waals surface area contributed by atoms with Crippen molar-refractivity contribution >= 4 is 22.0 Å². The Kier molecular flexibility index (Phi) is 2.79. The largest absolute Gasteiger partial charge is 0.772 e. The molecule has 0 N–H and O–H groups in total. The fourth-order valence-corrected chi connectivity index (χ4v) is 2.06. The molecule has 15 heavy (non-hydrogen) atoms. The maximum atomic E-state index is 10.7. The molecule has 0 aliphatic rings. The third-order valence-electron chi connectivity index (χ3n) is 2.20. The SMILES string of the molecule is Cc1cnc2c(CS(=O)[O-])cccc2c1. The van der Waals surface area contributed by atoms with Crippen LogP contribution in [0.5, 0.6) is 0 Å². The van der Waals surface area contributed by atoms with Gasteiger partial charge >= 0.3 is 0 Å². The van der Waals surface area contributed by atoms with E-state index in [4.69, 9.17) is 0 Å². The van der Waals surface area contributed by atoms with Gasteiger partial charge in [0.1, 0.15) is 0 Å². The molecule has 1 atom stereocenters. The molecule has 3 nitrogen and oxygen atoms in total. The second kappa shape index (κ2) is 4.08. The van der Waals surface area contributed by atoms with Gasteiger partial charge in [0.25, 0.3) is 0 Å². The fraction of sp³-hybridized carbons (Fsp3) is 0.182. The van der Waals surface area contributed by atoms with Crippen LogP contribution in [0.4, 0.5) is 0 Å². The van der Waals surface area contributed by atoms with E-state index in [-0.39, 0.29) is 5.75 Å². The summed E-state index contributed by atoms with van der Waals surface area (Å²) in [5.74, 6) is 0.0212. The van der Waals surface area contributed by atoms with Crippen molar-refractivity contribution in [3.05, 3.63) is 41.6 Å². The number of hydrogen-bond acceptors (Lipinski definition) is 3. The van der Waals surface area contributed by atoms with Crippen molar-refractivity contribution in [2.45, 2.75) is 12.7 Å². The lowest BCUT2D eigenvalue weighted by Gasteiger charge is -2.08. The first kappa shape index (κ1) is 10.3. The zero-order valence-electron chi connectivity index (χ0n) is 8.27. The molecule has 1 aromatic heterocycles. The number of benzene rings is 1. The standard InChI is InChI=1S/C11H11NO2S/c1-8-5-9-3-2-4-10(7-15(13)14)11(9)12-6-8/h2-6H,7H2,1H3,(H,13,14)/p-1. The molecule has 0 aliphatic carbocycles. The molecule has 0 saturated carbocycles. The summed E-state index contributed by atoms with van der Waals surface area (Å²) >= 11 is -2.07. The van der Waals surface area contributed by atoms with Crippen molar-refractivity contribution in [3.8, 4) is 0 Å². The Bertz CT molecular complexity index is 525. The number of para-hydroxylation sites is 1. The molecule has 1 heterocycles. The number of aryl methyl sites for hydroxylation is 1. The van der Waals surface area contributed by atoms with Crippen molar-refractivity contribution in [2.75, 3.05) is 0 Å². The molecule has 0 radical (unpaired) electrons. The van der Waals surface area contributed by atoms with Gasteiger partial charge in [0.15, 0.2) is 0 Å². The van der Waals surface area contributed by atoms with Crippen LogP contribution in [0.2, 0.25) is 0 Å². The average Bonchev–Trinajstić information content (AvgIpc) is 2.16. The highest BCUT2D eigenvalue weighted by Crippen LogP contribution is 2.18. The molecule has 78 valence electrons. The van der Waals surface area contributed by atoms with Gasteiger partial charge in [-0.05, 0) is 24.1 Å². The highest BCUT2D eigenvalue weighted by molar-refractivity contribution is 7.78. The first-order valence-electron chi connectivity index (χ1n) is 4.57. The zero-order valence-corrected chi connectivity index (χ0v) is 9.08. The van der Waals surface area contributed by atoms with E-state index in [2.05, 4.69) is 4.98 Å². The molecule has 4 heteroatoms. The minimum Gasteiger partial charge on any atom is -0.772 e. The third kappa shape index (κ3) is 2.22. The highest BCUT2D eigenvalue weighted by atomic mass is 32.2. The quantitative estimate of drug-likeness (QED) is 0.726. The van der Waals surface area contributed by atoms with Gasteiger partial charge in [0, 0.05) is 17.3 Å². The van der Waals surface area contributed by atoms with Gasteiger partial charge in [0.2, 0.25) is 0 Å². The van der Waals surface area contributed by atoms with E-state index >= 15 is 0 Å². The number of hydrogen-bond donors (Lipinski definition) is 0. The smallest absolute Gasteiger partial charge is 0.0743 e. The number of rotatable bonds is 2. The van der Waals surface area contributed by atoms with Gasteiger partial charge in [-0.15, -0.1) is 0 Å². The van der Waals surface area contributed by atoms with E-state index in [1.807, 2.05) is 25.1 Å². The van der Waals surface area contributed by atoms with E-state index in [0.29, 0.717) is 0 Å². The first-order chi connectivity index (χ1) is 7.16. The number of fused-ring (bicyclic) bond motifs is 1. The molecule has 0 bridgehead atoms. The minimum absolute atomic E-state index is 0.0212. The van der Waals surface area contributed by atoms with E-state index in [1.165, 1.54) is 0 Å². The molecular weight excluding hydrogens is 210 g/mol. The molecule has 2 aromatic rings.